The van der Waals surface area contributed by atoms with Crippen LogP contribution in [-0.2, 0) is 6.54 Å². The van der Waals surface area contributed by atoms with Gasteiger partial charge in [-0.05, 0) is 32.7 Å². The first-order valence-electron chi connectivity index (χ1n) is 7.12. The summed E-state index contributed by atoms with van der Waals surface area (Å²) < 4.78 is 0. The van der Waals surface area contributed by atoms with Crippen molar-refractivity contribution in [1.29, 1.82) is 0 Å². The van der Waals surface area contributed by atoms with E-state index in [1.54, 1.807) is 0 Å². The van der Waals surface area contributed by atoms with Gasteiger partial charge in [-0.1, -0.05) is 20.8 Å². The third-order valence-electron chi connectivity index (χ3n) is 3.67. The van der Waals surface area contributed by atoms with E-state index in [9.17, 15) is 0 Å². The number of rotatable bonds is 7. The molecule has 1 heterocycles. The van der Waals surface area contributed by atoms with Crippen molar-refractivity contribution in [2.24, 2.45) is 5.92 Å². The van der Waals surface area contributed by atoms with Gasteiger partial charge in [0, 0.05) is 19.1 Å². The van der Waals surface area contributed by atoms with Crippen molar-refractivity contribution in [1.82, 2.24) is 15.3 Å². The molecule has 1 aromatic heterocycles. The van der Waals surface area contributed by atoms with Crippen molar-refractivity contribution < 1.29 is 0 Å². The number of hydrogen-bond donors (Lipinski definition) is 1. The van der Waals surface area contributed by atoms with Crippen LogP contribution in [0, 0.1) is 5.92 Å². The summed E-state index contributed by atoms with van der Waals surface area (Å²) in [5, 5.41) is 3.38. The summed E-state index contributed by atoms with van der Waals surface area (Å²) >= 11 is 0. The Morgan fingerprint density at radius 3 is 2.42 bits per heavy atom. The Kier molecular flexibility index (Phi) is 5.73. The number of nitrogens with zero attached hydrogens (tertiary/aromatic N) is 3. The fourth-order valence-electron chi connectivity index (χ4n) is 1.65. The van der Waals surface area contributed by atoms with E-state index < -0.39 is 0 Å². The SMILES string of the molecule is CCC(C)(C)N(C)c1cnc(CNCC(C)C)cn1. The molecule has 1 rings (SSSR count). The topological polar surface area (TPSA) is 41.1 Å². The monoisotopic (exact) mass is 264 g/mol. The number of anilines is 1. The molecule has 0 saturated carbocycles. The third kappa shape index (κ3) is 4.78. The molecular weight excluding hydrogens is 236 g/mol. The second-order valence-corrected chi connectivity index (χ2v) is 6.12. The molecule has 4 nitrogen and oxygen atoms in total. The maximum atomic E-state index is 4.51. The van der Waals surface area contributed by atoms with Gasteiger partial charge in [-0.15, -0.1) is 0 Å². The van der Waals surface area contributed by atoms with Crippen LogP contribution in [-0.4, -0.2) is 29.1 Å². The van der Waals surface area contributed by atoms with Crippen LogP contribution in [0.15, 0.2) is 12.4 Å². The molecule has 19 heavy (non-hydrogen) atoms. The lowest BCUT2D eigenvalue weighted by Crippen LogP contribution is -2.41. The van der Waals surface area contributed by atoms with Crippen LogP contribution in [0.3, 0.4) is 0 Å². The lowest BCUT2D eigenvalue weighted by molar-refractivity contribution is 0.466. The van der Waals surface area contributed by atoms with Gasteiger partial charge in [0.15, 0.2) is 0 Å². The van der Waals surface area contributed by atoms with Crippen molar-refractivity contribution in [3.8, 4) is 0 Å². The van der Waals surface area contributed by atoms with E-state index in [1.807, 2.05) is 12.4 Å². The smallest absolute Gasteiger partial charge is 0.147 e. The minimum Gasteiger partial charge on any atom is -0.353 e. The minimum absolute atomic E-state index is 0.103. The average Bonchev–Trinajstić information content (AvgIpc) is 2.38. The Morgan fingerprint density at radius 1 is 1.26 bits per heavy atom. The molecule has 4 heteroatoms. The molecule has 0 unspecified atom stereocenters. The van der Waals surface area contributed by atoms with Crippen molar-refractivity contribution in [2.75, 3.05) is 18.5 Å². The molecule has 0 aromatic carbocycles. The van der Waals surface area contributed by atoms with E-state index in [1.165, 1.54) is 0 Å². The zero-order valence-corrected chi connectivity index (χ0v) is 13.2. The number of hydrogen-bond acceptors (Lipinski definition) is 4. The molecule has 0 atom stereocenters. The Hall–Kier alpha value is -1.16. The van der Waals surface area contributed by atoms with Crippen LogP contribution >= 0.6 is 0 Å². The van der Waals surface area contributed by atoms with Gasteiger partial charge in [-0.2, -0.15) is 0 Å². The maximum Gasteiger partial charge on any atom is 0.147 e. The van der Waals surface area contributed by atoms with Crippen molar-refractivity contribution >= 4 is 5.82 Å². The van der Waals surface area contributed by atoms with E-state index >= 15 is 0 Å². The van der Waals surface area contributed by atoms with Gasteiger partial charge in [-0.3, -0.25) is 4.98 Å². The highest BCUT2D eigenvalue weighted by Gasteiger charge is 2.22. The molecule has 0 aliphatic heterocycles. The highest BCUT2D eigenvalue weighted by Crippen LogP contribution is 2.21. The van der Waals surface area contributed by atoms with E-state index in [2.05, 4.69) is 61.9 Å². The van der Waals surface area contributed by atoms with Gasteiger partial charge in [0.1, 0.15) is 5.82 Å². The minimum atomic E-state index is 0.103. The van der Waals surface area contributed by atoms with E-state index in [-0.39, 0.29) is 5.54 Å². The molecule has 0 saturated heterocycles. The Bertz CT molecular complexity index is 370. The average molecular weight is 264 g/mol. The second-order valence-electron chi connectivity index (χ2n) is 6.12. The van der Waals surface area contributed by atoms with Gasteiger partial charge >= 0.3 is 0 Å². The van der Waals surface area contributed by atoms with Crippen molar-refractivity contribution in [2.45, 2.75) is 53.1 Å². The maximum absolute atomic E-state index is 4.51. The highest BCUT2D eigenvalue weighted by atomic mass is 15.2. The highest BCUT2D eigenvalue weighted by molar-refractivity contribution is 5.38. The summed E-state index contributed by atoms with van der Waals surface area (Å²) in [6, 6.07) is 0. The summed E-state index contributed by atoms with van der Waals surface area (Å²) in [4.78, 5) is 11.2. The van der Waals surface area contributed by atoms with Gasteiger partial charge in [0.2, 0.25) is 0 Å². The second kappa shape index (κ2) is 6.85. The third-order valence-corrected chi connectivity index (χ3v) is 3.67. The lowest BCUT2D eigenvalue weighted by atomic mass is 10.0. The first-order chi connectivity index (χ1) is 8.86. The van der Waals surface area contributed by atoms with Crippen LogP contribution in [0.1, 0.15) is 46.7 Å². The zero-order chi connectivity index (χ0) is 14.5. The molecule has 0 amide bonds. The molecule has 0 aliphatic rings. The summed E-state index contributed by atoms with van der Waals surface area (Å²) in [6.07, 6.45) is 4.80. The summed E-state index contributed by atoms with van der Waals surface area (Å²) in [5.41, 5.74) is 1.10. The predicted molar refractivity (Wildman–Crippen MR) is 81.3 cm³/mol. The fraction of sp³-hybridized carbons (Fsp3) is 0.733. The Balaban J connectivity index is 2.61. The molecule has 0 fully saturated rings. The first-order valence-corrected chi connectivity index (χ1v) is 7.12. The van der Waals surface area contributed by atoms with Crippen LogP contribution in [0.4, 0.5) is 5.82 Å². The van der Waals surface area contributed by atoms with Gasteiger partial charge in [0.05, 0.1) is 18.1 Å². The summed E-state index contributed by atoms with van der Waals surface area (Å²) in [7, 11) is 2.07. The quantitative estimate of drug-likeness (QED) is 0.822. The molecule has 0 bridgehead atoms. The van der Waals surface area contributed by atoms with Crippen LogP contribution in [0.5, 0.6) is 0 Å². The Labute approximate surface area is 117 Å². The fourth-order valence-corrected chi connectivity index (χ4v) is 1.65. The molecule has 0 radical (unpaired) electrons. The molecule has 108 valence electrons. The zero-order valence-electron chi connectivity index (χ0n) is 13.2. The molecule has 1 aromatic rings. The summed E-state index contributed by atoms with van der Waals surface area (Å²) in [5.74, 6) is 1.59. The largest absolute Gasteiger partial charge is 0.353 e. The standard InChI is InChI=1S/C15H28N4/c1-7-15(4,5)19(6)14-11-17-13(10-18-14)9-16-8-12(2)3/h10-12,16H,7-9H2,1-6H3. The number of aromatic nitrogens is 2. The molecule has 1 N–H and O–H groups in total. The molecule has 0 spiro atoms. The van der Waals surface area contributed by atoms with E-state index in [0.717, 1.165) is 31.0 Å². The van der Waals surface area contributed by atoms with Crippen molar-refractivity contribution in [3.05, 3.63) is 18.1 Å². The molecular formula is C15H28N4. The van der Waals surface area contributed by atoms with Gasteiger partial charge in [0.25, 0.3) is 0 Å². The normalized spacial score (nSPS) is 11.9. The van der Waals surface area contributed by atoms with Crippen LogP contribution in [0.2, 0.25) is 0 Å². The lowest BCUT2D eigenvalue weighted by Gasteiger charge is -2.35. The van der Waals surface area contributed by atoms with E-state index in [0.29, 0.717) is 5.92 Å². The van der Waals surface area contributed by atoms with Crippen molar-refractivity contribution in [3.63, 3.8) is 0 Å². The van der Waals surface area contributed by atoms with E-state index in [4.69, 9.17) is 0 Å². The van der Waals surface area contributed by atoms with Crippen LogP contribution < -0.4 is 10.2 Å². The Morgan fingerprint density at radius 2 is 1.95 bits per heavy atom. The number of nitrogens with one attached hydrogen (secondary N) is 1. The van der Waals surface area contributed by atoms with Gasteiger partial charge < -0.3 is 10.2 Å². The predicted octanol–water partition coefficient (Wildman–Crippen LogP) is 2.85. The molecule has 0 aliphatic carbocycles. The first kappa shape index (κ1) is 15.9. The summed E-state index contributed by atoms with van der Waals surface area (Å²) in [6.45, 7) is 12.8. The van der Waals surface area contributed by atoms with Crippen LogP contribution in [0.25, 0.3) is 0 Å². The van der Waals surface area contributed by atoms with Gasteiger partial charge in [-0.25, -0.2) is 4.98 Å².